The summed E-state index contributed by atoms with van der Waals surface area (Å²) in [7, 11) is 0. The first-order valence-electron chi connectivity index (χ1n) is 7.06. The Labute approximate surface area is 129 Å². The largest absolute Gasteiger partial charge is 0.326 e. The number of carbonyl (C=O) groups is 1. The fourth-order valence-corrected chi connectivity index (χ4v) is 2.14. The van der Waals surface area contributed by atoms with Crippen LogP contribution in [0.3, 0.4) is 0 Å². The Morgan fingerprint density at radius 1 is 1.14 bits per heavy atom. The number of hydrogen-bond donors (Lipinski definition) is 1. The van der Waals surface area contributed by atoms with Crippen LogP contribution in [0.2, 0.25) is 0 Å². The van der Waals surface area contributed by atoms with Crippen molar-refractivity contribution in [2.45, 2.75) is 26.7 Å². The summed E-state index contributed by atoms with van der Waals surface area (Å²) in [6, 6.07) is 12.1. The molecule has 0 atom stereocenters. The summed E-state index contributed by atoms with van der Waals surface area (Å²) in [6.45, 7) is 4.09. The van der Waals surface area contributed by atoms with Crippen molar-refractivity contribution in [1.29, 1.82) is 0 Å². The summed E-state index contributed by atoms with van der Waals surface area (Å²) < 4.78 is 0. The Hall–Kier alpha value is -2.69. The maximum Gasteiger partial charge on any atom is 0.271 e. The molecule has 0 saturated carbocycles. The van der Waals surface area contributed by atoms with Gasteiger partial charge in [-0.15, -0.1) is 0 Å². The second kappa shape index (κ2) is 6.85. The number of anilines is 1. The quantitative estimate of drug-likeness (QED) is 0.674. The van der Waals surface area contributed by atoms with Crippen LogP contribution in [0, 0.1) is 24.0 Å². The second-order valence-corrected chi connectivity index (χ2v) is 5.27. The van der Waals surface area contributed by atoms with E-state index in [1.54, 1.807) is 12.1 Å². The third-order valence-electron chi connectivity index (χ3n) is 3.55. The van der Waals surface area contributed by atoms with E-state index in [4.69, 9.17) is 0 Å². The molecule has 0 fully saturated rings. The van der Waals surface area contributed by atoms with E-state index >= 15 is 0 Å². The van der Waals surface area contributed by atoms with Crippen molar-refractivity contribution in [3.63, 3.8) is 0 Å². The van der Waals surface area contributed by atoms with Crippen molar-refractivity contribution in [2.24, 2.45) is 0 Å². The van der Waals surface area contributed by atoms with Crippen LogP contribution in [-0.2, 0) is 11.2 Å². The standard InChI is InChI=1S/C17H18N2O3/c1-12-6-7-14(10-13(12)2)8-9-17(20)18-15-4-3-5-16(11-15)19(21)22/h3-7,10-11H,8-9H2,1-2H3,(H,18,20). The molecule has 0 unspecified atom stereocenters. The lowest BCUT2D eigenvalue weighted by Gasteiger charge is -2.07. The third kappa shape index (κ3) is 4.15. The summed E-state index contributed by atoms with van der Waals surface area (Å²) in [6.07, 6.45) is 0.979. The van der Waals surface area contributed by atoms with Gasteiger partial charge in [0.05, 0.1) is 4.92 Å². The Morgan fingerprint density at radius 2 is 1.91 bits per heavy atom. The first kappa shape index (κ1) is 15.7. The molecule has 0 bridgehead atoms. The number of rotatable bonds is 5. The summed E-state index contributed by atoms with van der Waals surface area (Å²) >= 11 is 0. The van der Waals surface area contributed by atoms with Gasteiger partial charge in [-0.2, -0.15) is 0 Å². The normalized spacial score (nSPS) is 10.3. The zero-order valence-corrected chi connectivity index (χ0v) is 12.6. The lowest BCUT2D eigenvalue weighted by atomic mass is 10.0. The van der Waals surface area contributed by atoms with E-state index in [2.05, 4.69) is 11.4 Å². The van der Waals surface area contributed by atoms with Crippen LogP contribution in [0.1, 0.15) is 23.1 Å². The second-order valence-electron chi connectivity index (χ2n) is 5.27. The summed E-state index contributed by atoms with van der Waals surface area (Å²) in [5.41, 5.74) is 3.95. The van der Waals surface area contributed by atoms with Gasteiger partial charge < -0.3 is 5.32 Å². The van der Waals surface area contributed by atoms with Gasteiger partial charge in [0.25, 0.3) is 5.69 Å². The topological polar surface area (TPSA) is 72.2 Å². The molecule has 0 spiro atoms. The Kier molecular flexibility index (Phi) is 4.88. The zero-order chi connectivity index (χ0) is 16.1. The van der Waals surface area contributed by atoms with E-state index in [9.17, 15) is 14.9 Å². The Morgan fingerprint density at radius 3 is 2.59 bits per heavy atom. The number of amides is 1. The number of nitrogens with zero attached hydrogens (tertiary/aromatic N) is 1. The highest BCUT2D eigenvalue weighted by molar-refractivity contribution is 5.91. The number of nitrogens with one attached hydrogen (secondary N) is 1. The number of non-ortho nitro benzene ring substituents is 1. The molecule has 0 aliphatic heterocycles. The molecule has 22 heavy (non-hydrogen) atoms. The van der Waals surface area contributed by atoms with Gasteiger partial charge in [0.2, 0.25) is 5.91 Å². The van der Waals surface area contributed by atoms with Crippen molar-refractivity contribution in [3.8, 4) is 0 Å². The molecule has 0 aliphatic rings. The van der Waals surface area contributed by atoms with E-state index < -0.39 is 4.92 Å². The van der Waals surface area contributed by atoms with E-state index in [0.29, 0.717) is 18.5 Å². The minimum absolute atomic E-state index is 0.0352. The average molecular weight is 298 g/mol. The highest BCUT2D eigenvalue weighted by atomic mass is 16.6. The number of nitro groups is 1. The Balaban J connectivity index is 1.94. The predicted octanol–water partition coefficient (Wildman–Crippen LogP) is 3.78. The molecule has 1 N–H and O–H groups in total. The van der Waals surface area contributed by atoms with Crippen molar-refractivity contribution < 1.29 is 9.72 Å². The fourth-order valence-electron chi connectivity index (χ4n) is 2.14. The molecule has 5 heteroatoms. The van der Waals surface area contributed by atoms with Crippen molar-refractivity contribution in [2.75, 3.05) is 5.32 Å². The molecule has 0 heterocycles. The SMILES string of the molecule is Cc1ccc(CCC(=O)Nc2cccc([N+](=O)[O-])c2)cc1C. The van der Waals surface area contributed by atoms with E-state index in [0.717, 1.165) is 5.56 Å². The lowest BCUT2D eigenvalue weighted by Crippen LogP contribution is -2.12. The molecule has 114 valence electrons. The van der Waals surface area contributed by atoms with Crippen LogP contribution in [0.4, 0.5) is 11.4 Å². The first-order chi connectivity index (χ1) is 10.5. The van der Waals surface area contributed by atoms with Crippen LogP contribution >= 0.6 is 0 Å². The van der Waals surface area contributed by atoms with Gasteiger partial charge >= 0.3 is 0 Å². The predicted molar refractivity (Wildman–Crippen MR) is 86.0 cm³/mol. The van der Waals surface area contributed by atoms with Gasteiger partial charge in [-0.1, -0.05) is 24.3 Å². The summed E-state index contributed by atoms with van der Waals surface area (Å²) in [4.78, 5) is 22.2. The molecule has 2 aromatic carbocycles. The van der Waals surface area contributed by atoms with Gasteiger partial charge in [-0.25, -0.2) is 0 Å². The summed E-state index contributed by atoms with van der Waals surface area (Å²) in [5, 5.41) is 13.4. The zero-order valence-electron chi connectivity index (χ0n) is 12.6. The summed E-state index contributed by atoms with van der Waals surface area (Å²) in [5.74, 6) is -0.154. The highest BCUT2D eigenvalue weighted by Gasteiger charge is 2.08. The molecule has 0 saturated heterocycles. The van der Waals surface area contributed by atoms with E-state index in [1.807, 2.05) is 26.0 Å². The van der Waals surface area contributed by atoms with Crippen LogP contribution in [0.5, 0.6) is 0 Å². The smallest absolute Gasteiger partial charge is 0.271 e. The molecule has 2 rings (SSSR count). The number of benzene rings is 2. The Bertz CT molecular complexity index is 711. The van der Waals surface area contributed by atoms with Crippen molar-refractivity contribution in [1.82, 2.24) is 0 Å². The lowest BCUT2D eigenvalue weighted by molar-refractivity contribution is -0.384. The molecule has 0 aliphatic carbocycles. The maximum absolute atomic E-state index is 11.9. The highest BCUT2D eigenvalue weighted by Crippen LogP contribution is 2.17. The molecule has 0 radical (unpaired) electrons. The number of carbonyl (C=O) groups excluding carboxylic acids is 1. The molecule has 1 amide bonds. The van der Waals surface area contributed by atoms with Gasteiger partial charge in [0, 0.05) is 24.2 Å². The van der Waals surface area contributed by atoms with Crippen molar-refractivity contribution >= 4 is 17.3 Å². The first-order valence-corrected chi connectivity index (χ1v) is 7.06. The monoisotopic (exact) mass is 298 g/mol. The average Bonchev–Trinajstić information content (AvgIpc) is 2.49. The van der Waals surface area contributed by atoms with Gasteiger partial charge in [0.1, 0.15) is 0 Å². The number of aryl methyl sites for hydroxylation is 3. The van der Waals surface area contributed by atoms with Crippen LogP contribution in [0.25, 0.3) is 0 Å². The van der Waals surface area contributed by atoms with E-state index in [-0.39, 0.29) is 11.6 Å². The van der Waals surface area contributed by atoms with Gasteiger partial charge in [-0.05, 0) is 43.0 Å². The number of hydrogen-bond acceptors (Lipinski definition) is 3. The minimum atomic E-state index is -0.481. The van der Waals surface area contributed by atoms with Crippen LogP contribution in [-0.4, -0.2) is 10.8 Å². The molecule has 2 aromatic rings. The fraction of sp³-hybridized carbons (Fsp3) is 0.235. The van der Waals surface area contributed by atoms with Crippen LogP contribution in [0.15, 0.2) is 42.5 Å². The third-order valence-corrected chi connectivity index (χ3v) is 3.55. The molecule has 5 nitrogen and oxygen atoms in total. The number of nitro benzene ring substituents is 1. The van der Waals surface area contributed by atoms with Gasteiger partial charge in [0.15, 0.2) is 0 Å². The maximum atomic E-state index is 11.9. The van der Waals surface area contributed by atoms with E-state index in [1.165, 1.54) is 23.3 Å². The van der Waals surface area contributed by atoms with Crippen molar-refractivity contribution in [3.05, 3.63) is 69.3 Å². The molecular weight excluding hydrogens is 280 g/mol. The van der Waals surface area contributed by atoms with Gasteiger partial charge in [-0.3, -0.25) is 14.9 Å². The minimum Gasteiger partial charge on any atom is -0.326 e. The van der Waals surface area contributed by atoms with Crippen LogP contribution < -0.4 is 5.32 Å². The molecular formula is C17H18N2O3. The molecule has 0 aromatic heterocycles.